The third-order valence-corrected chi connectivity index (χ3v) is 2.81. The molecule has 0 spiro atoms. The van der Waals surface area contributed by atoms with E-state index in [1.807, 2.05) is 0 Å². The molecule has 112 valence electrons. The lowest BCUT2D eigenvalue weighted by Crippen LogP contribution is -2.07. The van der Waals surface area contributed by atoms with Crippen LogP contribution in [0.5, 0.6) is 0 Å². The molecule has 0 saturated heterocycles. The van der Waals surface area contributed by atoms with Gasteiger partial charge in [-0.25, -0.2) is 35.1 Å². The summed E-state index contributed by atoms with van der Waals surface area (Å²) in [6.45, 7) is 0.938. The van der Waals surface area contributed by atoms with Crippen LogP contribution in [0.15, 0.2) is 6.07 Å². The van der Waals surface area contributed by atoms with Gasteiger partial charge in [-0.15, -0.1) is 0 Å². The highest BCUT2D eigenvalue weighted by molar-refractivity contribution is 5.67. The molecule has 0 atom stereocenters. The first-order valence-electron chi connectivity index (χ1n) is 5.34. The zero-order valence-corrected chi connectivity index (χ0v) is 10.1. The number of hydrogen-bond donors (Lipinski definition) is 0. The molecule has 0 aliphatic rings. The summed E-state index contributed by atoms with van der Waals surface area (Å²) in [5.41, 5.74) is -3.49. The van der Waals surface area contributed by atoms with Gasteiger partial charge in [0.25, 0.3) is 0 Å². The molecule has 21 heavy (non-hydrogen) atoms. The lowest BCUT2D eigenvalue weighted by Gasteiger charge is -2.11. The van der Waals surface area contributed by atoms with E-state index in [1.54, 1.807) is 0 Å². The van der Waals surface area contributed by atoms with Crippen molar-refractivity contribution in [1.82, 2.24) is 0 Å². The molecule has 0 N–H and O–H groups in total. The van der Waals surface area contributed by atoms with E-state index in [2.05, 4.69) is 0 Å². The van der Waals surface area contributed by atoms with Crippen LogP contribution in [0.2, 0.25) is 0 Å². The highest BCUT2D eigenvalue weighted by Crippen LogP contribution is 2.35. The molecule has 0 nitrogen and oxygen atoms in total. The molecule has 0 aromatic heterocycles. The Labute approximate surface area is 112 Å². The molecule has 0 unspecified atom stereocenters. The standard InChI is InChI=1S/C13H4F8/c1-3-2-4(7(15)10(18)6(3)14)5-8(16)11(19)13(21)12(20)9(5)17/h2H,1H3. The Morgan fingerprint density at radius 3 is 1.38 bits per heavy atom. The van der Waals surface area contributed by atoms with Crippen molar-refractivity contribution in [3.05, 3.63) is 58.2 Å². The molecule has 2 rings (SSSR count). The van der Waals surface area contributed by atoms with Crippen LogP contribution in [-0.2, 0) is 0 Å². The van der Waals surface area contributed by atoms with Gasteiger partial charge in [-0.3, -0.25) is 0 Å². The van der Waals surface area contributed by atoms with Gasteiger partial charge in [-0.05, 0) is 18.6 Å². The Morgan fingerprint density at radius 1 is 0.524 bits per heavy atom. The maximum Gasteiger partial charge on any atom is 0.200 e. The molecule has 0 radical (unpaired) electrons. The largest absolute Gasteiger partial charge is 0.203 e. The van der Waals surface area contributed by atoms with Gasteiger partial charge in [0, 0.05) is 5.56 Å². The van der Waals surface area contributed by atoms with Gasteiger partial charge < -0.3 is 0 Å². The number of aryl methyl sites for hydroxylation is 1. The lowest BCUT2D eigenvalue weighted by atomic mass is 10.00. The topological polar surface area (TPSA) is 0 Å². The fourth-order valence-corrected chi connectivity index (χ4v) is 1.75. The Hall–Kier alpha value is -2.12. The first-order valence-corrected chi connectivity index (χ1v) is 5.34. The van der Waals surface area contributed by atoms with Crippen LogP contribution in [-0.4, -0.2) is 0 Å². The molecule has 2 aromatic rings. The van der Waals surface area contributed by atoms with Crippen LogP contribution in [0.4, 0.5) is 35.1 Å². The van der Waals surface area contributed by atoms with Crippen molar-refractivity contribution in [2.45, 2.75) is 6.92 Å². The highest BCUT2D eigenvalue weighted by atomic mass is 19.2. The molecule has 8 heteroatoms. The fourth-order valence-electron chi connectivity index (χ4n) is 1.75. The van der Waals surface area contributed by atoms with Crippen molar-refractivity contribution in [2.75, 3.05) is 0 Å². The zero-order valence-electron chi connectivity index (χ0n) is 10.1. The van der Waals surface area contributed by atoms with Crippen LogP contribution in [0.1, 0.15) is 5.56 Å². The minimum atomic E-state index is -2.44. The summed E-state index contributed by atoms with van der Waals surface area (Å²) in [6.07, 6.45) is 0. The zero-order chi connectivity index (χ0) is 16.1. The molecule has 0 amide bonds. The average molecular weight is 312 g/mol. The molecular formula is C13H4F8. The Balaban J connectivity index is 2.93. The van der Waals surface area contributed by atoms with E-state index in [0.717, 1.165) is 6.92 Å². The molecule has 2 aromatic carbocycles. The van der Waals surface area contributed by atoms with Crippen molar-refractivity contribution in [1.29, 1.82) is 0 Å². The number of rotatable bonds is 1. The van der Waals surface area contributed by atoms with Crippen LogP contribution < -0.4 is 0 Å². The van der Waals surface area contributed by atoms with E-state index < -0.39 is 63.2 Å². The second kappa shape index (κ2) is 5.01. The SMILES string of the molecule is Cc1cc(-c2c(F)c(F)c(F)c(F)c2F)c(F)c(F)c1F. The smallest absolute Gasteiger partial charge is 0.200 e. The Kier molecular flexibility index (Phi) is 3.65. The van der Waals surface area contributed by atoms with Crippen LogP contribution in [0.25, 0.3) is 11.1 Å². The molecule has 0 fully saturated rings. The van der Waals surface area contributed by atoms with E-state index in [0.29, 0.717) is 6.07 Å². The van der Waals surface area contributed by atoms with Gasteiger partial charge >= 0.3 is 0 Å². The summed E-state index contributed by atoms with van der Waals surface area (Å²) in [4.78, 5) is 0. The number of benzene rings is 2. The first-order chi connectivity index (χ1) is 9.68. The minimum Gasteiger partial charge on any atom is -0.203 e. The quantitative estimate of drug-likeness (QED) is 0.404. The van der Waals surface area contributed by atoms with E-state index in [-0.39, 0.29) is 0 Å². The van der Waals surface area contributed by atoms with Gasteiger partial charge in [-0.1, -0.05) is 0 Å². The Bertz CT molecular complexity index is 722. The van der Waals surface area contributed by atoms with E-state index in [1.165, 1.54) is 0 Å². The molecule has 0 bridgehead atoms. The summed E-state index contributed by atoms with van der Waals surface area (Å²) in [5.74, 6) is -17.5. The van der Waals surface area contributed by atoms with Crippen LogP contribution >= 0.6 is 0 Å². The average Bonchev–Trinajstić information content (AvgIpc) is 2.46. The van der Waals surface area contributed by atoms with E-state index in [9.17, 15) is 35.1 Å². The summed E-state index contributed by atoms with van der Waals surface area (Å²) in [7, 11) is 0. The molecule has 0 heterocycles. The van der Waals surface area contributed by atoms with Gasteiger partial charge in [0.1, 0.15) is 0 Å². The van der Waals surface area contributed by atoms with Crippen LogP contribution in [0.3, 0.4) is 0 Å². The van der Waals surface area contributed by atoms with Gasteiger partial charge in [-0.2, -0.15) is 0 Å². The van der Waals surface area contributed by atoms with Crippen molar-refractivity contribution < 1.29 is 35.1 Å². The fraction of sp³-hybridized carbons (Fsp3) is 0.0769. The molecule has 0 aliphatic heterocycles. The van der Waals surface area contributed by atoms with Crippen LogP contribution in [0, 0.1) is 53.5 Å². The van der Waals surface area contributed by atoms with Gasteiger partial charge in [0.2, 0.25) is 5.82 Å². The predicted molar refractivity (Wildman–Crippen MR) is 56.3 cm³/mol. The van der Waals surface area contributed by atoms with E-state index >= 15 is 0 Å². The number of halogens is 8. The minimum absolute atomic E-state index is 0.450. The second-order valence-corrected chi connectivity index (χ2v) is 4.13. The summed E-state index contributed by atoms with van der Waals surface area (Å²) in [5, 5.41) is 0. The summed E-state index contributed by atoms with van der Waals surface area (Å²) in [6, 6.07) is 0.450. The molecule has 0 aliphatic carbocycles. The third-order valence-electron chi connectivity index (χ3n) is 2.81. The normalized spacial score (nSPS) is 11.1. The van der Waals surface area contributed by atoms with Gasteiger partial charge in [0.15, 0.2) is 40.7 Å². The number of hydrogen-bond acceptors (Lipinski definition) is 0. The summed E-state index contributed by atoms with van der Waals surface area (Å²) < 4.78 is 106. The van der Waals surface area contributed by atoms with Crippen molar-refractivity contribution in [2.24, 2.45) is 0 Å². The first kappa shape index (κ1) is 15.3. The third kappa shape index (κ3) is 2.14. The van der Waals surface area contributed by atoms with Crippen molar-refractivity contribution in [3.63, 3.8) is 0 Å². The van der Waals surface area contributed by atoms with Crippen molar-refractivity contribution in [3.8, 4) is 11.1 Å². The maximum absolute atomic E-state index is 13.6. The Morgan fingerprint density at radius 2 is 0.905 bits per heavy atom. The highest BCUT2D eigenvalue weighted by Gasteiger charge is 2.30. The lowest BCUT2D eigenvalue weighted by molar-refractivity contribution is 0.380. The monoisotopic (exact) mass is 312 g/mol. The molecule has 0 saturated carbocycles. The van der Waals surface area contributed by atoms with Crippen molar-refractivity contribution >= 4 is 0 Å². The van der Waals surface area contributed by atoms with Gasteiger partial charge in [0.05, 0.1) is 5.56 Å². The molecular weight excluding hydrogens is 308 g/mol. The van der Waals surface area contributed by atoms with E-state index in [4.69, 9.17) is 0 Å². The predicted octanol–water partition coefficient (Wildman–Crippen LogP) is 4.77. The second-order valence-electron chi connectivity index (χ2n) is 4.13. The summed E-state index contributed by atoms with van der Waals surface area (Å²) >= 11 is 0. The maximum atomic E-state index is 13.6.